The Morgan fingerprint density at radius 1 is 1.41 bits per heavy atom. The van der Waals surface area contributed by atoms with E-state index in [9.17, 15) is 0 Å². The molecule has 0 atom stereocenters. The van der Waals surface area contributed by atoms with Crippen LogP contribution in [0.1, 0.15) is 32.3 Å². The van der Waals surface area contributed by atoms with E-state index in [1.807, 2.05) is 6.20 Å². The maximum atomic E-state index is 5.91. The molecule has 96 valence electrons. The topological polar surface area (TPSA) is 16.1 Å². The number of rotatable bonds is 6. The molecule has 0 N–H and O–H groups in total. The Hall–Kier alpha value is -0.280. The summed E-state index contributed by atoms with van der Waals surface area (Å²) in [6, 6.07) is 2.62. The predicted molar refractivity (Wildman–Crippen MR) is 79.1 cm³/mol. The van der Waals surface area contributed by atoms with Gasteiger partial charge in [-0.3, -0.25) is 0 Å². The summed E-state index contributed by atoms with van der Waals surface area (Å²) in [5.41, 5.74) is 1.19. The molecule has 2 nitrogen and oxygen atoms in total. The summed E-state index contributed by atoms with van der Waals surface area (Å²) in [6.45, 7) is 7.37. The van der Waals surface area contributed by atoms with Gasteiger partial charge in [0.05, 0.1) is 0 Å². The molecule has 0 bridgehead atoms. The maximum Gasteiger partial charge on any atom is 0.131 e. The van der Waals surface area contributed by atoms with Crippen molar-refractivity contribution in [3.63, 3.8) is 0 Å². The van der Waals surface area contributed by atoms with Crippen LogP contribution < -0.4 is 4.90 Å². The zero-order valence-electron chi connectivity index (χ0n) is 10.7. The Labute approximate surface area is 118 Å². The quantitative estimate of drug-likeness (QED) is 0.723. The molecule has 0 aliphatic heterocycles. The molecule has 0 fully saturated rings. The molecule has 0 unspecified atom stereocenters. The second-order valence-electron chi connectivity index (χ2n) is 4.15. The third-order valence-corrected chi connectivity index (χ3v) is 3.60. The highest BCUT2D eigenvalue weighted by Crippen LogP contribution is 2.24. The van der Waals surface area contributed by atoms with Gasteiger partial charge < -0.3 is 4.90 Å². The molecule has 1 aromatic rings. The summed E-state index contributed by atoms with van der Waals surface area (Å²) in [7, 11) is 0. The number of hydrogen-bond donors (Lipinski definition) is 0. The van der Waals surface area contributed by atoms with E-state index in [0.717, 1.165) is 29.7 Å². The summed E-state index contributed by atoms with van der Waals surface area (Å²) in [4.78, 5) is 6.86. The van der Waals surface area contributed by atoms with Crippen molar-refractivity contribution >= 4 is 33.3 Å². The number of alkyl halides is 1. The van der Waals surface area contributed by atoms with Gasteiger partial charge in [0.25, 0.3) is 0 Å². The number of anilines is 1. The molecule has 0 radical (unpaired) electrons. The third-order valence-electron chi connectivity index (χ3n) is 3.00. The van der Waals surface area contributed by atoms with Crippen molar-refractivity contribution in [2.45, 2.75) is 39.7 Å². The van der Waals surface area contributed by atoms with Crippen LogP contribution >= 0.6 is 27.5 Å². The van der Waals surface area contributed by atoms with Crippen LogP contribution in [0, 0.1) is 6.92 Å². The first-order chi connectivity index (χ1) is 8.13. The molecule has 17 heavy (non-hydrogen) atoms. The van der Waals surface area contributed by atoms with Crippen LogP contribution in [0.2, 0.25) is 0 Å². The average Bonchev–Trinajstić information content (AvgIpc) is 2.30. The van der Waals surface area contributed by atoms with Crippen molar-refractivity contribution in [2.24, 2.45) is 0 Å². The molecular formula is C13H20BrClN2. The van der Waals surface area contributed by atoms with Gasteiger partial charge in [0.2, 0.25) is 0 Å². The van der Waals surface area contributed by atoms with E-state index < -0.39 is 0 Å². The highest BCUT2D eigenvalue weighted by atomic mass is 79.9. The highest BCUT2D eigenvalue weighted by Gasteiger charge is 2.18. The first kappa shape index (κ1) is 14.8. The molecule has 0 aliphatic rings. The third kappa shape index (κ3) is 3.85. The maximum absolute atomic E-state index is 5.91. The minimum absolute atomic E-state index is 0.515. The minimum Gasteiger partial charge on any atom is -0.352 e. The fourth-order valence-corrected chi connectivity index (χ4v) is 2.74. The summed E-state index contributed by atoms with van der Waals surface area (Å²) in [5, 5.41) is 0. The van der Waals surface area contributed by atoms with Crippen molar-refractivity contribution < 1.29 is 0 Å². The van der Waals surface area contributed by atoms with Crippen molar-refractivity contribution in [2.75, 3.05) is 17.3 Å². The second-order valence-corrected chi connectivity index (χ2v) is 5.44. The van der Waals surface area contributed by atoms with Crippen molar-refractivity contribution in [3.8, 4) is 0 Å². The Morgan fingerprint density at radius 2 is 2.06 bits per heavy atom. The number of halogens is 2. The summed E-state index contributed by atoms with van der Waals surface area (Å²) in [6.07, 6.45) is 4.08. The zero-order chi connectivity index (χ0) is 12.8. The van der Waals surface area contributed by atoms with Crippen LogP contribution in [0.3, 0.4) is 0 Å². The van der Waals surface area contributed by atoms with Gasteiger partial charge >= 0.3 is 0 Å². The van der Waals surface area contributed by atoms with Crippen LogP contribution in [0.4, 0.5) is 5.82 Å². The lowest BCUT2D eigenvalue weighted by Gasteiger charge is -2.32. The van der Waals surface area contributed by atoms with Crippen LogP contribution in [-0.4, -0.2) is 23.5 Å². The Balaban J connectivity index is 3.03. The zero-order valence-corrected chi connectivity index (χ0v) is 13.1. The van der Waals surface area contributed by atoms with Gasteiger partial charge in [-0.25, -0.2) is 4.98 Å². The second kappa shape index (κ2) is 7.22. The smallest absolute Gasteiger partial charge is 0.131 e. The van der Waals surface area contributed by atoms with Gasteiger partial charge in [0.1, 0.15) is 5.82 Å². The van der Waals surface area contributed by atoms with Crippen molar-refractivity contribution in [3.05, 3.63) is 22.3 Å². The minimum atomic E-state index is 0.515. The fraction of sp³-hybridized carbons (Fsp3) is 0.615. The van der Waals surface area contributed by atoms with Crippen LogP contribution in [0.25, 0.3) is 0 Å². The Morgan fingerprint density at radius 3 is 2.53 bits per heavy atom. The summed E-state index contributed by atoms with van der Waals surface area (Å²) in [5.74, 6) is 1.69. The van der Waals surface area contributed by atoms with E-state index in [2.05, 4.69) is 52.7 Å². The molecule has 0 spiro atoms. The number of aromatic nitrogens is 1. The van der Waals surface area contributed by atoms with Gasteiger partial charge in [-0.2, -0.15) is 0 Å². The Bertz CT molecular complexity index is 353. The van der Waals surface area contributed by atoms with Gasteiger partial charge in [-0.15, -0.1) is 11.6 Å². The molecule has 0 aromatic carbocycles. The van der Waals surface area contributed by atoms with E-state index in [-0.39, 0.29) is 0 Å². The SMILES string of the molecule is CCC(CC)N(CCCl)c1ncc(Br)cc1C. The normalized spacial score (nSPS) is 10.9. The van der Waals surface area contributed by atoms with E-state index >= 15 is 0 Å². The number of aryl methyl sites for hydroxylation is 1. The predicted octanol–water partition coefficient (Wildman–Crippen LogP) is 4.39. The highest BCUT2D eigenvalue weighted by molar-refractivity contribution is 9.10. The van der Waals surface area contributed by atoms with Crippen molar-refractivity contribution in [1.82, 2.24) is 4.98 Å². The molecule has 1 rings (SSSR count). The van der Waals surface area contributed by atoms with Crippen LogP contribution in [0.15, 0.2) is 16.7 Å². The van der Waals surface area contributed by atoms with E-state index in [1.54, 1.807) is 0 Å². The lowest BCUT2D eigenvalue weighted by Crippen LogP contribution is -2.37. The first-order valence-electron chi connectivity index (χ1n) is 6.08. The van der Waals surface area contributed by atoms with Gasteiger partial charge in [-0.05, 0) is 47.3 Å². The standard InChI is InChI=1S/C13H20BrClN2/c1-4-12(5-2)17(7-6-15)13-10(3)8-11(14)9-16-13/h8-9,12H,4-7H2,1-3H3. The summed E-state index contributed by atoms with van der Waals surface area (Å²) < 4.78 is 1.02. The van der Waals surface area contributed by atoms with Crippen LogP contribution in [-0.2, 0) is 0 Å². The first-order valence-corrected chi connectivity index (χ1v) is 7.41. The average molecular weight is 320 g/mol. The molecule has 0 saturated carbocycles. The number of nitrogens with zero attached hydrogens (tertiary/aromatic N) is 2. The van der Waals surface area contributed by atoms with E-state index in [1.165, 1.54) is 5.56 Å². The molecule has 1 aromatic heterocycles. The van der Waals surface area contributed by atoms with E-state index in [4.69, 9.17) is 11.6 Å². The molecule has 0 saturated heterocycles. The lowest BCUT2D eigenvalue weighted by molar-refractivity contribution is 0.561. The molecular weight excluding hydrogens is 300 g/mol. The molecule has 4 heteroatoms. The number of hydrogen-bond acceptors (Lipinski definition) is 2. The van der Waals surface area contributed by atoms with Crippen LogP contribution in [0.5, 0.6) is 0 Å². The molecule has 0 amide bonds. The summed E-state index contributed by atoms with van der Waals surface area (Å²) >= 11 is 9.36. The van der Waals surface area contributed by atoms with Gasteiger partial charge in [0.15, 0.2) is 0 Å². The largest absolute Gasteiger partial charge is 0.352 e. The molecule has 1 heterocycles. The van der Waals surface area contributed by atoms with E-state index in [0.29, 0.717) is 11.9 Å². The van der Waals surface area contributed by atoms with Gasteiger partial charge in [-0.1, -0.05) is 13.8 Å². The lowest BCUT2D eigenvalue weighted by atomic mass is 10.1. The monoisotopic (exact) mass is 318 g/mol. The number of pyridine rings is 1. The fourth-order valence-electron chi connectivity index (χ4n) is 2.12. The van der Waals surface area contributed by atoms with Crippen molar-refractivity contribution in [1.29, 1.82) is 0 Å². The Kier molecular flexibility index (Phi) is 6.28. The molecule has 0 aliphatic carbocycles. The van der Waals surface area contributed by atoms with Gasteiger partial charge in [0, 0.05) is 29.1 Å².